The highest BCUT2D eigenvalue weighted by Crippen LogP contribution is 2.51. The van der Waals surface area contributed by atoms with Crippen molar-refractivity contribution in [1.29, 1.82) is 0 Å². The van der Waals surface area contributed by atoms with Crippen molar-refractivity contribution in [3.8, 4) is 0 Å². The molecule has 6 nitrogen and oxygen atoms in total. The minimum atomic E-state index is 0.0555. The highest BCUT2D eigenvalue weighted by atomic mass is 16.5. The molecule has 0 radical (unpaired) electrons. The molecule has 1 aliphatic carbocycles. The molecule has 6 heteroatoms. The number of aryl methyl sites for hydroxylation is 1. The number of carbonyl (C=O) groups is 1. The Hall–Kier alpha value is -1.40. The van der Waals surface area contributed by atoms with Crippen LogP contribution in [0.1, 0.15) is 83.4 Å². The molecule has 0 aromatic carbocycles. The number of rotatable bonds is 9. The summed E-state index contributed by atoms with van der Waals surface area (Å²) in [4.78, 5) is 20.3. The summed E-state index contributed by atoms with van der Waals surface area (Å²) in [6.07, 6.45) is 14.0. The van der Waals surface area contributed by atoms with E-state index in [0.717, 1.165) is 71.1 Å². The molecule has 2 saturated heterocycles. The van der Waals surface area contributed by atoms with E-state index >= 15 is 0 Å². The van der Waals surface area contributed by atoms with Crippen LogP contribution >= 0.6 is 0 Å². The molecule has 4 atom stereocenters. The van der Waals surface area contributed by atoms with Gasteiger partial charge in [-0.1, -0.05) is 33.1 Å². The summed E-state index contributed by atoms with van der Waals surface area (Å²) in [5.74, 6) is 1.88. The van der Waals surface area contributed by atoms with Gasteiger partial charge in [0.15, 0.2) is 0 Å². The SMILES string of the molecule is CCCCCC(CC)C(=O)OC1C(N2CCC(c3nccn3C)CC2)CC12CCNC2. The summed E-state index contributed by atoms with van der Waals surface area (Å²) in [5, 5.41) is 3.54. The fourth-order valence-electron chi connectivity index (χ4n) is 6.20. The Balaban J connectivity index is 1.37. The number of unbranched alkanes of at least 4 members (excludes halogenated alkanes) is 2. The van der Waals surface area contributed by atoms with E-state index in [1.807, 2.05) is 12.4 Å². The third kappa shape index (κ3) is 4.70. The number of nitrogens with zero attached hydrogens (tertiary/aromatic N) is 3. The fraction of sp³-hybridized carbons (Fsp3) is 0.840. The molecule has 3 aliphatic rings. The van der Waals surface area contributed by atoms with E-state index in [0.29, 0.717) is 12.0 Å². The largest absolute Gasteiger partial charge is 0.460 e. The molecule has 1 saturated carbocycles. The number of imidazole rings is 1. The maximum absolute atomic E-state index is 13.1. The molecule has 174 valence electrons. The number of hydrogen-bond donors (Lipinski definition) is 1. The third-order valence-electron chi connectivity index (χ3n) is 8.29. The van der Waals surface area contributed by atoms with Crippen LogP contribution in [0.15, 0.2) is 12.4 Å². The van der Waals surface area contributed by atoms with Crippen molar-refractivity contribution in [1.82, 2.24) is 19.8 Å². The Morgan fingerprint density at radius 3 is 2.74 bits per heavy atom. The van der Waals surface area contributed by atoms with Crippen molar-refractivity contribution in [3.63, 3.8) is 0 Å². The van der Waals surface area contributed by atoms with E-state index in [2.05, 4.69) is 40.7 Å². The summed E-state index contributed by atoms with van der Waals surface area (Å²) >= 11 is 0. The van der Waals surface area contributed by atoms with Crippen LogP contribution in [0.2, 0.25) is 0 Å². The molecule has 4 unspecified atom stereocenters. The van der Waals surface area contributed by atoms with E-state index in [4.69, 9.17) is 4.74 Å². The van der Waals surface area contributed by atoms with Crippen molar-refractivity contribution in [2.24, 2.45) is 18.4 Å². The molecule has 3 fully saturated rings. The summed E-state index contributed by atoms with van der Waals surface area (Å²) in [7, 11) is 2.09. The minimum Gasteiger partial charge on any atom is -0.460 e. The molecular weight excluding hydrogens is 388 g/mol. The predicted octanol–water partition coefficient (Wildman–Crippen LogP) is 3.87. The molecule has 1 spiro atoms. The van der Waals surface area contributed by atoms with E-state index in [1.165, 1.54) is 18.7 Å². The Kier molecular flexibility index (Phi) is 7.37. The zero-order valence-corrected chi connectivity index (χ0v) is 19.8. The second-order valence-corrected chi connectivity index (χ2v) is 10.2. The number of hydrogen-bond acceptors (Lipinski definition) is 5. The van der Waals surface area contributed by atoms with Gasteiger partial charge in [-0.05, 0) is 58.2 Å². The van der Waals surface area contributed by atoms with Crippen LogP contribution in [-0.4, -0.2) is 58.7 Å². The van der Waals surface area contributed by atoms with Crippen LogP contribution in [0, 0.1) is 11.3 Å². The molecule has 4 rings (SSSR count). The lowest BCUT2D eigenvalue weighted by Crippen LogP contribution is -2.66. The van der Waals surface area contributed by atoms with Gasteiger partial charge in [0, 0.05) is 43.4 Å². The van der Waals surface area contributed by atoms with Crippen molar-refractivity contribution < 1.29 is 9.53 Å². The van der Waals surface area contributed by atoms with Crippen LogP contribution in [0.3, 0.4) is 0 Å². The van der Waals surface area contributed by atoms with Gasteiger partial charge in [0.25, 0.3) is 0 Å². The van der Waals surface area contributed by atoms with Crippen LogP contribution < -0.4 is 5.32 Å². The van der Waals surface area contributed by atoms with Crippen LogP contribution in [0.4, 0.5) is 0 Å². The normalized spacial score (nSPS) is 30.4. The third-order valence-corrected chi connectivity index (χ3v) is 8.29. The first-order chi connectivity index (χ1) is 15.1. The quantitative estimate of drug-likeness (QED) is 0.476. The van der Waals surface area contributed by atoms with Crippen molar-refractivity contribution in [2.45, 2.75) is 89.7 Å². The molecular formula is C25H42N4O2. The van der Waals surface area contributed by atoms with Crippen molar-refractivity contribution in [2.75, 3.05) is 26.2 Å². The Bertz CT molecular complexity index is 719. The van der Waals surface area contributed by atoms with Gasteiger partial charge in [0.05, 0.1) is 5.92 Å². The molecule has 1 aromatic heterocycles. The highest BCUT2D eigenvalue weighted by molar-refractivity contribution is 5.72. The average molecular weight is 431 g/mol. The van der Waals surface area contributed by atoms with E-state index in [9.17, 15) is 4.79 Å². The number of carbonyl (C=O) groups excluding carboxylic acids is 1. The lowest BCUT2D eigenvalue weighted by atomic mass is 9.61. The molecule has 1 aromatic rings. The lowest BCUT2D eigenvalue weighted by Gasteiger charge is -2.56. The molecule has 0 amide bonds. The zero-order chi connectivity index (χ0) is 21.8. The maximum Gasteiger partial charge on any atom is 0.309 e. The van der Waals surface area contributed by atoms with E-state index in [1.54, 1.807) is 0 Å². The molecule has 31 heavy (non-hydrogen) atoms. The van der Waals surface area contributed by atoms with Crippen molar-refractivity contribution >= 4 is 5.97 Å². The Labute approximate surface area is 188 Å². The van der Waals surface area contributed by atoms with E-state index < -0.39 is 0 Å². The number of ether oxygens (including phenoxy) is 1. The van der Waals surface area contributed by atoms with Crippen LogP contribution in [0.5, 0.6) is 0 Å². The summed E-state index contributed by atoms with van der Waals surface area (Å²) < 4.78 is 8.52. The van der Waals surface area contributed by atoms with Gasteiger partial charge in [-0.25, -0.2) is 4.98 Å². The smallest absolute Gasteiger partial charge is 0.309 e. The Morgan fingerprint density at radius 2 is 2.13 bits per heavy atom. The molecule has 2 aliphatic heterocycles. The van der Waals surface area contributed by atoms with Crippen molar-refractivity contribution in [3.05, 3.63) is 18.2 Å². The van der Waals surface area contributed by atoms with Gasteiger partial charge in [-0.3, -0.25) is 9.69 Å². The number of piperidine rings is 1. The van der Waals surface area contributed by atoms with Crippen LogP contribution in [0.25, 0.3) is 0 Å². The fourth-order valence-corrected chi connectivity index (χ4v) is 6.20. The molecule has 0 bridgehead atoms. The zero-order valence-electron chi connectivity index (χ0n) is 19.8. The number of likely N-dealkylation sites (tertiary alicyclic amines) is 1. The average Bonchev–Trinajstić information content (AvgIpc) is 3.44. The summed E-state index contributed by atoms with van der Waals surface area (Å²) in [6.45, 7) is 8.55. The number of aromatic nitrogens is 2. The topological polar surface area (TPSA) is 59.4 Å². The first-order valence-corrected chi connectivity index (χ1v) is 12.7. The standard InChI is InChI=1S/C25H42N4O2/c1-4-6-7-8-19(5-2)24(30)31-22-21(17-25(22)11-12-26-18-25)29-14-9-20(10-15-29)23-27-13-16-28(23)3/h13,16,19-22,26H,4-12,14-15,17-18H2,1-3H3. The second kappa shape index (κ2) is 10.0. The second-order valence-electron chi connectivity index (χ2n) is 10.2. The monoisotopic (exact) mass is 430 g/mol. The van der Waals surface area contributed by atoms with Gasteiger partial charge in [-0.15, -0.1) is 0 Å². The van der Waals surface area contributed by atoms with Gasteiger partial charge in [-0.2, -0.15) is 0 Å². The number of nitrogens with one attached hydrogen (secondary N) is 1. The number of esters is 1. The maximum atomic E-state index is 13.1. The predicted molar refractivity (Wildman–Crippen MR) is 123 cm³/mol. The molecule has 3 heterocycles. The van der Waals surface area contributed by atoms with Gasteiger partial charge >= 0.3 is 5.97 Å². The van der Waals surface area contributed by atoms with Crippen LogP contribution in [-0.2, 0) is 16.6 Å². The van der Waals surface area contributed by atoms with E-state index in [-0.39, 0.29) is 23.4 Å². The Morgan fingerprint density at radius 1 is 1.32 bits per heavy atom. The van der Waals surface area contributed by atoms with Gasteiger partial charge < -0.3 is 14.6 Å². The first-order valence-electron chi connectivity index (χ1n) is 12.7. The first kappa shape index (κ1) is 22.8. The minimum absolute atomic E-state index is 0.0555. The van der Waals surface area contributed by atoms with Gasteiger partial charge in [0.1, 0.15) is 11.9 Å². The summed E-state index contributed by atoms with van der Waals surface area (Å²) in [5.41, 5.74) is 0.165. The highest BCUT2D eigenvalue weighted by Gasteiger charge is 2.59. The van der Waals surface area contributed by atoms with Gasteiger partial charge in [0.2, 0.25) is 0 Å². The lowest BCUT2D eigenvalue weighted by molar-refractivity contribution is -0.191. The summed E-state index contributed by atoms with van der Waals surface area (Å²) in [6, 6.07) is 0.388. The molecule has 1 N–H and O–H groups in total.